The summed E-state index contributed by atoms with van der Waals surface area (Å²) in [7, 11) is 0. The Morgan fingerprint density at radius 2 is 1.00 bits per heavy atom. The molecule has 2 aliphatic heterocycles. The first-order valence-electron chi connectivity index (χ1n) is 24.9. The second kappa shape index (κ2) is 35.9. The van der Waals surface area contributed by atoms with E-state index in [0.717, 1.165) is 38.5 Å². The molecule has 2 rings (SSSR count). The Labute approximate surface area is 374 Å². The second-order valence-corrected chi connectivity index (χ2v) is 18.0. The number of ether oxygens (including phenoxy) is 4. The molecule has 3 unspecified atom stereocenters. The van der Waals surface area contributed by atoms with Crippen molar-refractivity contribution in [2.24, 2.45) is 0 Å². The molecule has 2 fully saturated rings. The SMILES string of the molecule is CCCCCCCCCCCCC/C=C/C(O)C(CO[C@@H]1O[C@H](CO)[C@H](OC2O[C@H](CO)[C@H](O)[C@H](O)[C@H]2O)[C@H](O)[C@H]1O)NC(=O)CCCCCCCCCCCCCCCCC. The predicted octanol–water partition coefficient (Wildman–Crippen LogP) is 5.99. The van der Waals surface area contributed by atoms with Crippen molar-refractivity contribution in [1.82, 2.24) is 5.32 Å². The number of rotatable bonds is 38. The van der Waals surface area contributed by atoms with Gasteiger partial charge in [-0.05, 0) is 19.3 Å². The summed E-state index contributed by atoms with van der Waals surface area (Å²) in [6, 6.07) is -0.906. The lowest BCUT2D eigenvalue weighted by atomic mass is 9.97. The number of allylic oxidation sites excluding steroid dienone is 1. The summed E-state index contributed by atoms with van der Waals surface area (Å²) in [5, 5.41) is 86.6. The zero-order chi connectivity index (χ0) is 45.4. The normalized spacial score (nSPS) is 27.8. The van der Waals surface area contributed by atoms with E-state index in [4.69, 9.17) is 18.9 Å². The Bertz CT molecular complexity index is 1100. The van der Waals surface area contributed by atoms with Crippen molar-refractivity contribution in [3.05, 3.63) is 12.2 Å². The van der Waals surface area contributed by atoms with E-state index < -0.39 is 86.8 Å². The van der Waals surface area contributed by atoms with E-state index in [9.17, 15) is 45.6 Å². The molecule has 9 N–H and O–H groups in total. The minimum Gasteiger partial charge on any atom is -0.394 e. The monoisotopic (exact) mass is 890 g/mol. The van der Waals surface area contributed by atoms with Gasteiger partial charge in [-0.2, -0.15) is 0 Å². The smallest absolute Gasteiger partial charge is 0.220 e. The number of amides is 1. The summed E-state index contributed by atoms with van der Waals surface area (Å²) in [6.45, 7) is 2.78. The van der Waals surface area contributed by atoms with Crippen molar-refractivity contribution >= 4 is 5.91 Å². The summed E-state index contributed by atoms with van der Waals surface area (Å²) < 4.78 is 22.7. The highest BCUT2D eigenvalue weighted by atomic mass is 16.7. The molecule has 1 amide bonds. The third-order valence-corrected chi connectivity index (χ3v) is 12.5. The van der Waals surface area contributed by atoms with Crippen LogP contribution in [0.25, 0.3) is 0 Å². The minimum absolute atomic E-state index is 0.238. The van der Waals surface area contributed by atoms with E-state index in [2.05, 4.69) is 19.2 Å². The molecular weight excluding hydrogens is 799 g/mol. The van der Waals surface area contributed by atoms with E-state index in [0.29, 0.717) is 6.42 Å². The topological polar surface area (TPSA) is 228 Å². The molecule has 0 aromatic rings. The maximum atomic E-state index is 13.1. The highest BCUT2D eigenvalue weighted by Gasteiger charge is 2.51. The van der Waals surface area contributed by atoms with Crippen molar-refractivity contribution in [3.63, 3.8) is 0 Å². The molecule has 0 radical (unpaired) electrons. The summed E-state index contributed by atoms with van der Waals surface area (Å²) >= 11 is 0. The fourth-order valence-corrected chi connectivity index (χ4v) is 8.35. The van der Waals surface area contributed by atoms with Gasteiger partial charge in [0.25, 0.3) is 0 Å². The van der Waals surface area contributed by atoms with Gasteiger partial charge in [-0.15, -0.1) is 0 Å². The van der Waals surface area contributed by atoms with Gasteiger partial charge in [-0.25, -0.2) is 0 Å². The first-order chi connectivity index (χ1) is 30.1. The molecule has 0 spiro atoms. The van der Waals surface area contributed by atoms with E-state index in [1.807, 2.05) is 6.08 Å². The second-order valence-electron chi connectivity index (χ2n) is 18.0. The zero-order valence-electron chi connectivity index (χ0n) is 38.6. The fourth-order valence-electron chi connectivity index (χ4n) is 8.35. The number of carbonyl (C=O) groups is 1. The fraction of sp³-hybridized carbons (Fsp3) is 0.938. The van der Waals surface area contributed by atoms with Crippen molar-refractivity contribution in [3.8, 4) is 0 Å². The van der Waals surface area contributed by atoms with Crippen LogP contribution in [0.3, 0.4) is 0 Å². The number of hydrogen-bond donors (Lipinski definition) is 9. The van der Waals surface area contributed by atoms with Gasteiger partial charge >= 0.3 is 0 Å². The average molecular weight is 890 g/mol. The number of unbranched alkanes of at least 4 members (excludes halogenated alkanes) is 25. The van der Waals surface area contributed by atoms with Crippen LogP contribution in [0.15, 0.2) is 12.2 Å². The predicted molar refractivity (Wildman–Crippen MR) is 240 cm³/mol. The third-order valence-electron chi connectivity index (χ3n) is 12.5. The molecule has 0 saturated carbocycles. The number of aliphatic hydroxyl groups is 8. The van der Waals surface area contributed by atoms with Crippen LogP contribution in [0.4, 0.5) is 0 Å². The lowest BCUT2D eigenvalue weighted by Gasteiger charge is -2.46. The van der Waals surface area contributed by atoms with Crippen LogP contribution in [-0.4, -0.2) is 140 Å². The summed E-state index contributed by atoms with van der Waals surface area (Å²) in [5.74, 6) is -0.238. The average Bonchev–Trinajstić information content (AvgIpc) is 3.27. The Morgan fingerprint density at radius 3 is 1.48 bits per heavy atom. The van der Waals surface area contributed by atoms with Crippen LogP contribution < -0.4 is 5.32 Å². The van der Waals surface area contributed by atoms with E-state index in [1.54, 1.807) is 6.08 Å². The van der Waals surface area contributed by atoms with Gasteiger partial charge in [-0.3, -0.25) is 4.79 Å². The van der Waals surface area contributed by atoms with Crippen molar-refractivity contribution in [2.75, 3.05) is 19.8 Å². The van der Waals surface area contributed by atoms with Crippen molar-refractivity contribution < 1.29 is 64.6 Å². The standard InChI is InChI=1S/C48H91NO13/c1-3-5-7-9-11-13-15-17-18-20-22-24-26-28-30-32-40(53)49-36(37(52)31-29-27-25-23-21-19-16-14-12-10-8-6-4-2)35-59-47-45(58)43(56)46(39(34-51)61-47)62-48-44(57)42(55)41(54)38(33-50)60-48/h29,31,36-39,41-48,50-52,54-58H,3-28,30,32-35H2,1-2H3,(H,49,53)/b31-29+/t36?,37?,38-,39-,41+,42+,43-,44-,45-,46+,47-,48?/m1/s1. The first kappa shape index (κ1) is 56.9. The molecule has 0 aliphatic carbocycles. The molecule has 2 heterocycles. The van der Waals surface area contributed by atoms with Crippen LogP contribution in [0, 0.1) is 0 Å². The Hall–Kier alpha value is -1.27. The first-order valence-corrected chi connectivity index (χ1v) is 24.9. The highest BCUT2D eigenvalue weighted by molar-refractivity contribution is 5.76. The Balaban J connectivity index is 1.86. The van der Waals surface area contributed by atoms with Gasteiger partial charge in [0, 0.05) is 6.42 Å². The zero-order valence-corrected chi connectivity index (χ0v) is 38.6. The summed E-state index contributed by atoms with van der Waals surface area (Å²) in [5.41, 5.74) is 0. The van der Waals surface area contributed by atoms with Gasteiger partial charge in [-0.1, -0.05) is 180 Å². The van der Waals surface area contributed by atoms with Crippen LogP contribution in [-0.2, 0) is 23.7 Å². The molecule has 366 valence electrons. The van der Waals surface area contributed by atoms with Crippen LogP contribution in [0.2, 0.25) is 0 Å². The number of nitrogens with one attached hydrogen (secondary N) is 1. The van der Waals surface area contributed by atoms with Crippen LogP contribution >= 0.6 is 0 Å². The largest absolute Gasteiger partial charge is 0.394 e. The van der Waals surface area contributed by atoms with Gasteiger partial charge < -0.3 is 65.1 Å². The van der Waals surface area contributed by atoms with E-state index in [1.165, 1.54) is 128 Å². The van der Waals surface area contributed by atoms with Crippen LogP contribution in [0.5, 0.6) is 0 Å². The van der Waals surface area contributed by atoms with Gasteiger partial charge in [0.1, 0.15) is 48.8 Å². The Kier molecular flexibility index (Phi) is 32.9. The molecule has 2 saturated heterocycles. The molecule has 14 heteroatoms. The van der Waals surface area contributed by atoms with E-state index in [-0.39, 0.29) is 18.9 Å². The van der Waals surface area contributed by atoms with Gasteiger partial charge in [0.15, 0.2) is 12.6 Å². The van der Waals surface area contributed by atoms with E-state index >= 15 is 0 Å². The van der Waals surface area contributed by atoms with Gasteiger partial charge in [0.2, 0.25) is 5.91 Å². The quantitative estimate of drug-likeness (QED) is 0.0257. The maximum Gasteiger partial charge on any atom is 0.220 e. The lowest BCUT2D eigenvalue weighted by Crippen LogP contribution is -2.65. The Morgan fingerprint density at radius 1 is 0.565 bits per heavy atom. The molecule has 62 heavy (non-hydrogen) atoms. The summed E-state index contributed by atoms with van der Waals surface area (Å²) in [4.78, 5) is 13.1. The molecule has 0 aromatic heterocycles. The van der Waals surface area contributed by atoms with Crippen LogP contribution in [0.1, 0.15) is 194 Å². The van der Waals surface area contributed by atoms with Crippen molar-refractivity contribution in [1.29, 1.82) is 0 Å². The number of aliphatic hydroxyl groups excluding tert-OH is 8. The lowest BCUT2D eigenvalue weighted by molar-refractivity contribution is -0.359. The minimum atomic E-state index is -1.78. The van der Waals surface area contributed by atoms with Gasteiger partial charge in [0.05, 0.1) is 32.0 Å². The number of carbonyl (C=O) groups excluding carboxylic acids is 1. The molecular formula is C48H91NO13. The highest BCUT2D eigenvalue weighted by Crippen LogP contribution is 2.30. The van der Waals surface area contributed by atoms with Crippen molar-refractivity contribution in [2.45, 2.75) is 267 Å². The molecule has 0 aromatic carbocycles. The molecule has 2 aliphatic rings. The maximum absolute atomic E-state index is 13.1. The third kappa shape index (κ3) is 23.3. The molecule has 14 nitrogen and oxygen atoms in total. The molecule has 12 atom stereocenters. The molecule has 0 bridgehead atoms. The summed E-state index contributed by atoms with van der Waals surface area (Å²) in [6.07, 6.45) is 19.6. The number of hydrogen-bond acceptors (Lipinski definition) is 13.